The summed E-state index contributed by atoms with van der Waals surface area (Å²) in [7, 11) is 3.00. The van der Waals surface area contributed by atoms with Crippen LogP contribution >= 0.6 is 0 Å². The zero-order chi connectivity index (χ0) is 24.5. The number of methoxy groups -OCH3 is 2. The van der Waals surface area contributed by atoms with Crippen LogP contribution in [0, 0.1) is 0 Å². The Balaban J connectivity index is 0.000000335. The second kappa shape index (κ2) is 16.4. The number of ether oxygens (including phenoxy) is 2. The number of benzene rings is 2. The molecule has 5 N–H and O–H groups in total. The molecule has 0 fully saturated rings. The smallest absolute Gasteiger partial charge is 0.245 e. The Morgan fingerprint density at radius 2 is 1.24 bits per heavy atom. The van der Waals surface area contributed by atoms with Crippen LogP contribution in [0.5, 0.6) is 0 Å². The molecule has 0 saturated carbocycles. The molecule has 0 bridgehead atoms. The maximum Gasteiger partial charge on any atom is 0.245 e. The van der Waals surface area contributed by atoms with Crippen molar-refractivity contribution in [3.63, 3.8) is 0 Å². The highest BCUT2D eigenvalue weighted by atomic mass is 16.5. The number of nitrogens with one attached hydrogen (secondary N) is 3. The molecule has 0 saturated heterocycles. The maximum absolute atomic E-state index is 11.8. The SMILES string of the molecule is COC[C@@H](N)C(=O)NCc1ccccc1.COC[C@@H](NC(C)=O)C(=O)NCc1ccccc1. The molecule has 0 aliphatic heterocycles. The van der Waals surface area contributed by atoms with Gasteiger partial charge in [0.05, 0.1) is 13.2 Å². The second-order valence-corrected chi connectivity index (χ2v) is 7.18. The van der Waals surface area contributed by atoms with E-state index in [-0.39, 0.29) is 30.9 Å². The lowest BCUT2D eigenvalue weighted by molar-refractivity contribution is -0.129. The fraction of sp³-hybridized carbons (Fsp3) is 0.375. The molecule has 0 aliphatic rings. The number of hydrogen-bond donors (Lipinski definition) is 4. The third-order valence-electron chi connectivity index (χ3n) is 4.33. The molecule has 2 atom stereocenters. The Labute approximate surface area is 195 Å². The number of amides is 3. The minimum atomic E-state index is -0.656. The van der Waals surface area contributed by atoms with E-state index in [0.717, 1.165) is 11.1 Å². The Hall–Kier alpha value is -3.27. The van der Waals surface area contributed by atoms with Crippen molar-refractivity contribution >= 4 is 17.7 Å². The predicted molar refractivity (Wildman–Crippen MR) is 126 cm³/mol. The van der Waals surface area contributed by atoms with E-state index in [2.05, 4.69) is 16.0 Å². The first-order chi connectivity index (χ1) is 15.9. The van der Waals surface area contributed by atoms with Crippen molar-refractivity contribution in [2.24, 2.45) is 5.73 Å². The van der Waals surface area contributed by atoms with Crippen LogP contribution in [0.2, 0.25) is 0 Å². The lowest BCUT2D eigenvalue weighted by Gasteiger charge is -2.16. The fourth-order valence-electron chi connectivity index (χ4n) is 2.67. The average molecular weight is 459 g/mol. The first kappa shape index (κ1) is 27.8. The minimum Gasteiger partial charge on any atom is -0.383 e. The molecule has 3 amide bonds. The highest BCUT2D eigenvalue weighted by Crippen LogP contribution is 1.98. The lowest BCUT2D eigenvalue weighted by Crippen LogP contribution is -2.48. The first-order valence-electron chi connectivity index (χ1n) is 10.5. The van der Waals surface area contributed by atoms with Gasteiger partial charge >= 0.3 is 0 Å². The number of nitrogens with two attached hydrogens (primary N) is 1. The van der Waals surface area contributed by atoms with Gasteiger partial charge in [0, 0.05) is 34.2 Å². The summed E-state index contributed by atoms with van der Waals surface area (Å²) in [6.45, 7) is 2.69. The monoisotopic (exact) mass is 458 g/mol. The van der Waals surface area contributed by atoms with E-state index in [9.17, 15) is 14.4 Å². The molecular formula is C24H34N4O5. The Kier molecular flexibility index (Phi) is 13.8. The summed E-state index contributed by atoms with van der Waals surface area (Å²) in [4.78, 5) is 34.2. The quantitative estimate of drug-likeness (QED) is 0.393. The molecule has 0 radical (unpaired) electrons. The highest BCUT2D eigenvalue weighted by Gasteiger charge is 2.18. The summed E-state index contributed by atoms with van der Waals surface area (Å²) in [5, 5.41) is 8.04. The Morgan fingerprint density at radius 3 is 1.67 bits per heavy atom. The Morgan fingerprint density at radius 1 is 0.788 bits per heavy atom. The summed E-state index contributed by atoms with van der Waals surface area (Å²) >= 11 is 0. The van der Waals surface area contributed by atoms with Crippen molar-refractivity contribution in [3.8, 4) is 0 Å². The maximum atomic E-state index is 11.8. The fourth-order valence-corrected chi connectivity index (χ4v) is 2.67. The van der Waals surface area contributed by atoms with Crippen molar-refractivity contribution in [2.75, 3.05) is 27.4 Å². The zero-order valence-electron chi connectivity index (χ0n) is 19.4. The summed E-state index contributed by atoms with van der Waals surface area (Å²) in [6, 6.07) is 18.0. The molecule has 0 heterocycles. The Bertz CT molecular complexity index is 833. The van der Waals surface area contributed by atoms with Gasteiger partial charge in [-0.1, -0.05) is 60.7 Å². The van der Waals surface area contributed by atoms with E-state index in [1.165, 1.54) is 21.1 Å². The van der Waals surface area contributed by atoms with E-state index >= 15 is 0 Å². The van der Waals surface area contributed by atoms with E-state index < -0.39 is 12.1 Å². The number of carbonyl (C=O) groups is 3. The molecular weight excluding hydrogens is 424 g/mol. The van der Waals surface area contributed by atoms with Gasteiger partial charge in [-0.2, -0.15) is 0 Å². The second-order valence-electron chi connectivity index (χ2n) is 7.18. The average Bonchev–Trinajstić information content (AvgIpc) is 2.82. The molecule has 2 aromatic carbocycles. The molecule has 0 spiro atoms. The third-order valence-corrected chi connectivity index (χ3v) is 4.33. The summed E-state index contributed by atoms with van der Waals surface area (Å²) < 4.78 is 9.69. The standard InChI is InChI=1S/C13H18N2O3.C11H16N2O2/c1-10(16)15-12(9-18-2)13(17)14-8-11-6-4-3-5-7-11;1-15-8-10(12)11(14)13-7-9-5-3-2-4-6-9/h3-7,12H,8-9H2,1-2H3,(H,14,17)(H,15,16);2-6,10H,7-8,12H2,1H3,(H,13,14)/t12-;10-/m11/s1. The molecule has 180 valence electrons. The molecule has 0 unspecified atom stereocenters. The van der Waals surface area contributed by atoms with Crippen LogP contribution in [-0.4, -0.2) is 57.2 Å². The van der Waals surface area contributed by atoms with Gasteiger partial charge in [-0.25, -0.2) is 0 Å². The normalized spacial score (nSPS) is 11.9. The van der Waals surface area contributed by atoms with Gasteiger partial charge in [0.1, 0.15) is 12.1 Å². The molecule has 2 rings (SSSR count). The van der Waals surface area contributed by atoms with Crippen LogP contribution in [0.15, 0.2) is 60.7 Å². The van der Waals surface area contributed by atoms with Gasteiger partial charge in [-0.15, -0.1) is 0 Å². The van der Waals surface area contributed by atoms with Crippen LogP contribution in [0.25, 0.3) is 0 Å². The van der Waals surface area contributed by atoms with Crippen LogP contribution in [-0.2, 0) is 36.9 Å². The number of carbonyl (C=O) groups excluding carboxylic acids is 3. The topological polar surface area (TPSA) is 132 Å². The van der Waals surface area contributed by atoms with E-state index in [1.807, 2.05) is 60.7 Å². The van der Waals surface area contributed by atoms with Crippen molar-refractivity contribution < 1.29 is 23.9 Å². The molecule has 2 aromatic rings. The minimum absolute atomic E-state index is 0.153. The van der Waals surface area contributed by atoms with Crippen LogP contribution < -0.4 is 21.7 Å². The van der Waals surface area contributed by atoms with Gasteiger partial charge in [0.2, 0.25) is 17.7 Å². The van der Waals surface area contributed by atoms with E-state index in [4.69, 9.17) is 15.2 Å². The van der Waals surface area contributed by atoms with Crippen molar-refractivity contribution in [1.82, 2.24) is 16.0 Å². The van der Waals surface area contributed by atoms with Gasteiger partial charge in [0.25, 0.3) is 0 Å². The third kappa shape index (κ3) is 12.4. The van der Waals surface area contributed by atoms with Crippen LogP contribution in [0.3, 0.4) is 0 Å². The van der Waals surface area contributed by atoms with Gasteiger partial charge in [-0.05, 0) is 11.1 Å². The van der Waals surface area contributed by atoms with Gasteiger partial charge in [0.15, 0.2) is 0 Å². The molecule has 9 heteroatoms. The lowest BCUT2D eigenvalue weighted by atomic mass is 10.2. The van der Waals surface area contributed by atoms with Crippen LogP contribution in [0.1, 0.15) is 18.1 Å². The van der Waals surface area contributed by atoms with Crippen molar-refractivity contribution in [2.45, 2.75) is 32.1 Å². The number of rotatable bonds is 11. The van der Waals surface area contributed by atoms with E-state index in [0.29, 0.717) is 13.1 Å². The largest absolute Gasteiger partial charge is 0.383 e. The predicted octanol–water partition coefficient (Wildman–Crippen LogP) is 0.730. The van der Waals surface area contributed by atoms with Crippen molar-refractivity contribution in [3.05, 3.63) is 71.8 Å². The summed E-state index contributed by atoms with van der Waals surface area (Å²) in [5.41, 5.74) is 7.61. The van der Waals surface area contributed by atoms with Crippen molar-refractivity contribution in [1.29, 1.82) is 0 Å². The molecule has 33 heavy (non-hydrogen) atoms. The van der Waals surface area contributed by atoms with Crippen LogP contribution in [0.4, 0.5) is 0 Å². The molecule has 0 aromatic heterocycles. The molecule has 9 nitrogen and oxygen atoms in total. The van der Waals surface area contributed by atoms with Gasteiger partial charge < -0.3 is 31.2 Å². The number of hydrogen-bond acceptors (Lipinski definition) is 6. The summed E-state index contributed by atoms with van der Waals surface area (Å²) in [6.07, 6.45) is 0. The van der Waals surface area contributed by atoms with E-state index in [1.54, 1.807) is 0 Å². The molecule has 0 aliphatic carbocycles. The zero-order valence-corrected chi connectivity index (χ0v) is 19.4. The summed E-state index contributed by atoms with van der Waals surface area (Å²) in [5.74, 6) is -0.705. The highest BCUT2D eigenvalue weighted by molar-refractivity contribution is 5.86. The first-order valence-corrected chi connectivity index (χ1v) is 10.5. The van der Waals surface area contributed by atoms with Gasteiger partial charge in [-0.3, -0.25) is 14.4 Å².